The maximum Gasteiger partial charge on any atom is 0.416 e. The van der Waals surface area contributed by atoms with E-state index in [4.69, 9.17) is 0 Å². The smallest absolute Gasteiger partial charge is 0.299 e. The second-order valence-corrected chi connectivity index (χ2v) is 9.91. The zero-order valence-corrected chi connectivity index (χ0v) is 19.8. The van der Waals surface area contributed by atoms with Gasteiger partial charge in [-0.2, -0.15) is 13.2 Å². The molecule has 2 aromatic carbocycles. The Hall–Kier alpha value is -2.07. The summed E-state index contributed by atoms with van der Waals surface area (Å²) in [5.41, 5.74) is 5.47. The molecule has 0 bridgehead atoms. The number of hydrogen-bond acceptors (Lipinski definition) is 1. The molecule has 1 nitrogen and oxygen atoms in total. The summed E-state index contributed by atoms with van der Waals surface area (Å²) in [4.78, 5) is 2.39. The molecule has 0 fully saturated rings. The highest BCUT2D eigenvalue weighted by molar-refractivity contribution is 5.67. The lowest BCUT2D eigenvalue weighted by Crippen LogP contribution is -2.30. The minimum absolute atomic E-state index is 0.573. The lowest BCUT2D eigenvalue weighted by molar-refractivity contribution is -0.137. The predicted molar refractivity (Wildman–Crippen MR) is 128 cm³/mol. The van der Waals surface area contributed by atoms with Gasteiger partial charge in [0.15, 0.2) is 0 Å². The van der Waals surface area contributed by atoms with Crippen molar-refractivity contribution in [3.8, 4) is 0 Å². The van der Waals surface area contributed by atoms with Crippen LogP contribution in [0.3, 0.4) is 0 Å². The molecule has 0 N–H and O–H groups in total. The molecule has 0 aliphatic carbocycles. The van der Waals surface area contributed by atoms with Crippen molar-refractivity contribution in [1.29, 1.82) is 0 Å². The molecule has 1 heterocycles. The molecule has 1 aliphatic heterocycles. The quantitative estimate of drug-likeness (QED) is 0.410. The van der Waals surface area contributed by atoms with Crippen LogP contribution >= 0.6 is 0 Å². The number of halogens is 3. The van der Waals surface area contributed by atoms with E-state index in [0.717, 1.165) is 57.0 Å². The molecule has 0 spiro atoms. The molecule has 3 rings (SSSR count). The Labute approximate surface area is 191 Å². The van der Waals surface area contributed by atoms with E-state index in [2.05, 4.69) is 56.9 Å². The van der Waals surface area contributed by atoms with Gasteiger partial charge in [0.05, 0.1) is 5.56 Å². The summed E-state index contributed by atoms with van der Waals surface area (Å²) in [6.45, 7) is 11.7. The van der Waals surface area contributed by atoms with E-state index < -0.39 is 11.7 Å². The average Bonchev–Trinajstić information content (AvgIpc) is 2.73. The van der Waals surface area contributed by atoms with Crippen LogP contribution in [0.25, 0.3) is 5.57 Å². The largest absolute Gasteiger partial charge is 0.416 e. The molecule has 0 aromatic heterocycles. The van der Waals surface area contributed by atoms with Crippen molar-refractivity contribution in [2.45, 2.75) is 59.6 Å². The van der Waals surface area contributed by atoms with Crippen molar-refractivity contribution in [2.75, 3.05) is 19.6 Å². The van der Waals surface area contributed by atoms with Gasteiger partial charge in [-0.3, -0.25) is 4.90 Å². The van der Waals surface area contributed by atoms with Crippen LogP contribution in [-0.4, -0.2) is 24.5 Å². The Morgan fingerprint density at radius 2 is 1.62 bits per heavy atom. The summed E-state index contributed by atoms with van der Waals surface area (Å²) in [6.07, 6.45) is 1.82. The van der Waals surface area contributed by atoms with Crippen LogP contribution in [0.5, 0.6) is 0 Å². The van der Waals surface area contributed by atoms with Gasteiger partial charge in [0, 0.05) is 19.6 Å². The van der Waals surface area contributed by atoms with E-state index >= 15 is 0 Å². The molecule has 174 valence electrons. The molecule has 0 saturated carbocycles. The summed E-state index contributed by atoms with van der Waals surface area (Å²) in [7, 11) is 0. The van der Waals surface area contributed by atoms with Gasteiger partial charge in [-0.05, 0) is 77.5 Å². The van der Waals surface area contributed by atoms with Gasteiger partial charge in [-0.1, -0.05) is 64.1 Å². The van der Waals surface area contributed by atoms with Crippen molar-refractivity contribution in [2.24, 2.45) is 11.8 Å². The second kappa shape index (κ2) is 10.7. The van der Waals surface area contributed by atoms with Gasteiger partial charge in [-0.25, -0.2) is 0 Å². The molecule has 0 radical (unpaired) electrons. The van der Waals surface area contributed by atoms with Crippen molar-refractivity contribution >= 4 is 5.57 Å². The van der Waals surface area contributed by atoms with Crippen LogP contribution in [0.4, 0.5) is 13.2 Å². The highest BCUT2D eigenvalue weighted by atomic mass is 19.4. The van der Waals surface area contributed by atoms with Crippen LogP contribution < -0.4 is 0 Å². The first-order chi connectivity index (χ1) is 15.1. The third kappa shape index (κ3) is 6.96. The SMILES string of the molecule is CC(C)Cc1ccc(CCN2CC=C(c3cccc(C(F)(F)F)c3)CC2)cc1CC(C)C. The first kappa shape index (κ1) is 24.6. The van der Waals surface area contributed by atoms with E-state index in [9.17, 15) is 13.2 Å². The summed E-state index contributed by atoms with van der Waals surface area (Å²) in [6, 6.07) is 12.7. The zero-order chi connectivity index (χ0) is 23.3. The predicted octanol–water partition coefficient (Wildman–Crippen LogP) is 7.43. The van der Waals surface area contributed by atoms with Gasteiger partial charge in [0.1, 0.15) is 0 Å². The first-order valence-corrected chi connectivity index (χ1v) is 11.8. The summed E-state index contributed by atoms with van der Waals surface area (Å²) >= 11 is 0. The van der Waals surface area contributed by atoms with Crippen molar-refractivity contribution in [3.05, 3.63) is 76.4 Å². The number of alkyl halides is 3. The normalized spacial score (nSPS) is 15.5. The fourth-order valence-corrected chi connectivity index (χ4v) is 4.46. The Morgan fingerprint density at radius 3 is 2.25 bits per heavy atom. The van der Waals surface area contributed by atoms with Crippen LogP contribution in [0.2, 0.25) is 0 Å². The maximum absolute atomic E-state index is 13.0. The molecule has 32 heavy (non-hydrogen) atoms. The fourth-order valence-electron chi connectivity index (χ4n) is 4.46. The number of hydrogen-bond donors (Lipinski definition) is 0. The molecule has 0 amide bonds. The van der Waals surface area contributed by atoms with Crippen LogP contribution in [0, 0.1) is 11.8 Å². The Balaban J connectivity index is 1.61. The summed E-state index contributed by atoms with van der Waals surface area (Å²) in [5.74, 6) is 1.29. The first-order valence-electron chi connectivity index (χ1n) is 11.8. The fraction of sp³-hybridized carbons (Fsp3) is 0.500. The Bertz CT molecular complexity index is 925. The van der Waals surface area contributed by atoms with E-state index in [1.54, 1.807) is 6.07 Å². The molecule has 4 heteroatoms. The number of benzene rings is 2. The number of rotatable bonds is 8. The topological polar surface area (TPSA) is 3.24 Å². The van der Waals surface area contributed by atoms with Gasteiger partial charge >= 0.3 is 6.18 Å². The summed E-state index contributed by atoms with van der Waals surface area (Å²) < 4.78 is 39.0. The maximum atomic E-state index is 13.0. The highest BCUT2D eigenvalue weighted by Crippen LogP contribution is 2.32. The minimum atomic E-state index is -4.30. The van der Waals surface area contributed by atoms with Crippen molar-refractivity contribution < 1.29 is 13.2 Å². The van der Waals surface area contributed by atoms with Gasteiger partial charge in [-0.15, -0.1) is 0 Å². The minimum Gasteiger partial charge on any atom is -0.299 e. The van der Waals surface area contributed by atoms with Gasteiger partial charge in [0.2, 0.25) is 0 Å². The lowest BCUT2D eigenvalue weighted by Gasteiger charge is -2.27. The van der Waals surface area contributed by atoms with E-state index in [0.29, 0.717) is 17.4 Å². The summed E-state index contributed by atoms with van der Waals surface area (Å²) in [5, 5.41) is 0. The van der Waals surface area contributed by atoms with Crippen LogP contribution in [0.15, 0.2) is 48.5 Å². The average molecular weight is 444 g/mol. The number of nitrogens with zero attached hydrogens (tertiary/aromatic N) is 1. The molecule has 0 atom stereocenters. The molecule has 0 unspecified atom stereocenters. The third-order valence-electron chi connectivity index (χ3n) is 6.10. The third-order valence-corrected chi connectivity index (χ3v) is 6.10. The van der Waals surface area contributed by atoms with Gasteiger partial charge in [0.25, 0.3) is 0 Å². The van der Waals surface area contributed by atoms with E-state index in [-0.39, 0.29) is 0 Å². The highest BCUT2D eigenvalue weighted by Gasteiger charge is 2.30. The van der Waals surface area contributed by atoms with Crippen LogP contribution in [-0.2, 0) is 25.4 Å². The molecule has 0 saturated heterocycles. The second-order valence-electron chi connectivity index (χ2n) is 9.91. The molecule has 1 aliphatic rings. The Morgan fingerprint density at radius 1 is 0.906 bits per heavy atom. The standard InChI is InChI=1S/C28H36F3N/c1-20(2)16-25-9-8-22(18-26(25)17-21(3)4)10-13-32-14-11-23(12-15-32)24-6-5-7-27(19-24)28(29,30)31/h5-9,11,18-21H,10,12-17H2,1-4H3. The van der Waals surface area contributed by atoms with E-state index in [1.807, 2.05) is 0 Å². The molecular weight excluding hydrogens is 407 g/mol. The van der Waals surface area contributed by atoms with Crippen molar-refractivity contribution in [1.82, 2.24) is 4.90 Å². The van der Waals surface area contributed by atoms with Crippen molar-refractivity contribution in [3.63, 3.8) is 0 Å². The molecular formula is C28H36F3N. The van der Waals surface area contributed by atoms with E-state index in [1.165, 1.54) is 28.8 Å². The monoisotopic (exact) mass is 443 g/mol. The Kier molecular flexibility index (Phi) is 8.21. The lowest BCUT2D eigenvalue weighted by atomic mass is 9.91. The van der Waals surface area contributed by atoms with Crippen LogP contribution in [0.1, 0.15) is 61.9 Å². The van der Waals surface area contributed by atoms with Gasteiger partial charge < -0.3 is 0 Å². The molecule has 2 aromatic rings. The zero-order valence-electron chi connectivity index (χ0n) is 19.8.